The standard InChI is InChI=1S/C29H37N2O5/c1-3-35-29(34)24-15-10-12-22(2)27(24)30-17-11-16-25(28(30)33)31(18-8-5-9-19-31)20-26(32)36-21-23-13-6-4-7-14-23/h4,6-7,10,12-15,25H,3,5,8-9,11,16-21H2,1-2H3/q+1. The van der Waals surface area contributed by atoms with Gasteiger partial charge in [0.1, 0.15) is 6.61 Å². The largest absolute Gasteiger partial charge is 0.462 e. The van der Waals surface area contributed by atoms with Gasteiger partial charge in [0.2, 0.25) is 0 Å². The van der Waals surface area contributed by atoms with Gasteiger partial charge in [0.05, 0.1) is 30.9 Å². The molecule has 0 aromatic heterocycles. The Balaban J connectivity index is 1.58. The molecule has 0 N–H and O–H groups in total. The summed E-state index contributed by atoms with van der Waals surface area (Å²) in [4.78, 5) is 41.6. The number of benzene rings is 2. The van der Waals surface area contributed by atoms with Crippen molar-refractivity contribution in [2.75, 3.05) is 37.7 Å². The first kappa shape index (κ1) is 25.9. The lowest BCUT2D eigenvalue weighted by Gasteiger charge is -2.48. The molecule has 2 saturated heterocycles. The van der Waals surface area contributed by atoms with Crippen LogP contribution in [-0.2, 0) is 25.7 Å². The quantitative estimate of drug-likeness (QED) is 0.402. The van der Waals surface area contributed by atoms with Crippen LogP contribution in [0.25, 0.3) is 0 Å². The van der Waals surface area contributed by atoms with Crippen LogP contribution in [-0.4, -0.2) is 61.2 Å². The van der Waals surface area contributed by atoms with Crippen LogP contribution in [0.2, 0.25) is 0 Å². The topological polar surface area (TPSA) is 72.9 Å². The van der Waals surface area contributed by atoms with Crippen LogP contribution < -0.4 is 4.90 Å². The monoisotopic (exact) mass is 493 g/mol. The molecule has 0 radical (unpaired) electrons. The number of carbonyl (C=O) groups excluding carboxylic acids is 3. The van der Waals surface area contributed by atoms with Crippen LogP contribution in [0.3, 0.4) is 0 Å². The van der Waals surface area contributed by atoms with Crippen molar-refractivity contribution in [3.8, 4) is 0 Å². The van der Waals surface area contributed by atoms with Crippen molar-refractivity contribution < 1.29 is 28.3 Å². The summed E-state index contributed by atoms with van der Waals surface area (Å²) in [7, 11) is 0. The van der Waals surface area contributed by atoms with Gasteiger partial charge in [0.25, 0.3) is 5.91 Å². The van der Waals surface area contributed by atoms with Gasteiger partial charge in [0, 0.05) is 13.0 Å². The van der Waals surface area contributed by atoms with E-state index in [0.29, 0.717) is 22.3 Å². The molecule has 0 bridgehead atoms. The van der Waals surface area contributed by atoms with Crippen LogP contribution >= 0.6 is 0 Å². The zero-order chi connectivity index (χ0) is 25.5. The molecule has 36 heavy (non-hydrogen) atoms. The molecule has 0 spiro atoms. The van der Waals surface area contributed by atoms with Crippen LogP contribution in [0.5, 0.6) is 0 Å². The summed E-state index contributed by atoms with van der Waals surface area (Å²) < 4.78 is 11.4. The summed E-state index contributed by atoms with van der Waals surface area (Å²) in [5.41, 5.74) is 2.86. The van der Waals surface area contributed by atoms with E-state index in [1.807, 2.05) is 49.4 Å². The Morgan fingerprint density at radius 2 is 1.72 bits per heavy atom. The summed E-state index contributed by atoms with van der Waals surface area (Å²) in [6.45, 7) is 6.50. The van der Waals surface area contributed by atoms with E-state index >= 15 is 0 Å². The predicted molar refractivity (Wildman–Crippen MR) is 137 cm³/mol. The summed E-state index contributed by atoms with van der Waals surface area (Å²) in [5, 5.41) is 0. The highest BCUT2D eigenvalue weighted by molar-refractivity contribution is 6.05. The van der Waals surface area contributed by atoms with Gasteiger partial charge < -0.3 is 18.9 Å². The number of para-hydroxylation sites is 1. The molecular weight excluding hydrogens is 456 g/mol. The number of anilines is 1. The number of nitrogens with zero attached hydrogens (tertiary/aromatic N) is 2. The second-order valence-electron chi connectivity index (χ2n) is 9.87. The fourth-order valence-corrected chi connectivity index (χ4v) is 5.74. The molecule has 2 aromatic carbocycles. The van der Waals surface area contributed by atoms with Gasteiger partial charge in [0.15, 0.2) is 12.6 Å². The number of ether oxygens (including phenoxy) is 2. The third kappa shape index (κ3) is 5.62. The molecule has 2 aliphatic rings. The van der Waals surface area contributed by atoms with Crippen molar-refractivity contribution in [3.63, 3.8) is 0 Å². The number of hydrogen-bond acceptors (Lipinski definition) is 5. The van der Waals surface area contributed by atoms with Crippen LogP contribution in [0.15, 0.2) is 48.5 Å². The first-order valence-electron chi connectivity index (χ1n) is 13.1. The molecule has 1 atom stereocenters. The van der Waals surface area contributed by atoms with Gasteiger partial charge in [-0.2, -0.15) is 0 Å². The predicted octanol–water partition coefficient (Wildman–Crippen LogP) is 4.41. The number of esters is 2. The molecule has 0 aliphatic carbocycles. The minimum atomic E-state index is -0.419. The number of quaternary nitrogens is 1. The highest BCUT2D eigenvalue weighted by Gasteiger charge is 2.48. The van der Waals surface area contributed by atoms with E-state index in [4.69, 9.17) is 9.47 Å². The zero-order valence-electron chi connectivity index (χ0n) is 21.4. The smallest absolute Gasteiger partial charge is 0.362 e. The molecule has 7 heteroatoms. The Kier molecular flexibility index (Phi) is 8.41. The van der Waals surface area contributed by atoms with E-state index in [1.54, 1.807) is 17.9 Å². The maximum atomic E-state index is 14.1. The number of hydrogen-bond donors (Lipinski definition) is 0. The fraction of sp³-hybridized carbons (Fsp3) is 0.483. The van der Waals surface area contributed by atoms with Crippen LogP contribution in [0, 0.1) is 6.92 Å². The third-order valence-corrected chi connectivity index (χ3v) is 7.47. The van der Waals surface area contributed by atoms with Crippen LogP contribution in [0.1, 0.15) is 60.5 Å². The van der Waals surface area contributed by atoms with Gasteiger partial charge in [-0.25, -0.2) is 9.59 Å². The average molecular weight is 494 g/mol. The number of rotatable bonds is 8. The van der Waals surface area contributed by atoms with Crippen molar-refractivity contribution in [2.45, 2.75) is 58.6 Å². The maximum Gasteiger partial charge on any atom is 0.362 e. The summed E-state index contributed by atoms with van der Waals surface area (Å²) in [6, 6.07) is 14.8. The number of amides is 1. The van der Waals surface area contributed by atoms with Gasteiger partial charge in [-0.15, -0.1) is 0 Å². The van der Waals surface area contributed by atoms with E-state index in [9.17, 15) is 14.4 Å². The van der Waals surface area contributed by atoms with Gasteiger partial charge in [-0.1, -0.05) is 42.5 Å². The highest BCUT2D eigenvalue weighted by Crippen LogP contribution is 2.34. The lowest BCUT2D eigenvalue weighted by atomic mass is 9.94. The molecular formula is C29H37N2O5+. The van der Waals surface area contributed by atoms with Gasteiger partial charge in [-0.3, -0.25) is 4.79 Å². The van der Waals surface area contributed by atoms with Crippen molar-refractivity contribution in [2.24, 2.45) is 0 Å². The molecule has 4 rings (SSSR count). The minimum absolute atomic E-state index is 0.0149. The lowest BCUT2D eigenvalue weighted by Crippen LogP contribution is -2.66. The molecule has 2 heterocycles. The number of carbonyl (C=O) groups is 3. The molecule has 1 unspecified atom stereocenters. The molecule has 7 nitrogen and oxygen atoms in total. The first-order valence-corrected chi connectivity index (χ1v) is 13.1. The fourth-order valence-electron chi connectivity index (χ4n) is 5.74. The van der Waals surface area contributed by atoms with E-state index in [1.165, 1.54) is 0 Å². The van der Waals surface area contributed by atoms with E-state index in [0.717, 1.165) is 56.3 Å². The van der Waals surface area contributed by atoms with Crippen molar-refractivity contribution in [1.29, 1.82) is 0 Å². The first-order chi connectivity index (χ1) is 17.4. The third-order valence-electron chi connectivity index (χ3n) is 7.47. The van der Waals surface area contributed by atoms with Gasteiger partial charge >= 0.3 is 11.9 Å². The molecule has 0 saturated carbocycles. The Labute approximate surface area is 213 Å². The maximum absolute atomic E-state index is 14.1. The number of piperidine rings is 2. The second-order valence-corrected chi connectivity index (χ2v) is 9.87. The molecule has 192 valence electrons. The van der Waals surface area contributed by atoms with Crippen molar-refractivity contribution in [1.82, 2.24) is 0 Å². The Hall–Kier alpha value is -3.19. The van der Waals surface area contributed by atoms with E-state index in [-0.39, 0.29) is 37.7 Å². The van der Waals surface area contributed by atoms with Crippen LogP contribution in [0.4, 0.5) is 5.69 Å². The van der Waals surface area contributed by atoms with E-state index in [2.05, 4.69) is 0 Å². The lowest BCUT2D eigenvalue weighted by molar-refractivity contribution is -0.940. The summed E-state index contributed by atoms with van der Waals surface area (Å²) in [5.74, 6) is -0.704. The molecule has 2 fully saturated rings. The Morgan fingerprint density at radius 1 is 0.972 bits per heavy atom. The molecule has 2 aliphatic heterocycles. The van der Waals surface area contributed by atoms with Crippen molar-refractivity contribution >= 4 is 23.5 Å². The zero-order valence-corrected chi connectivity index (χ0v) is 21.4. The number of aryl methyl sites for hydroxylation is 1. The SMILES string of the molecule is CCOC(=O)c1cccc(C)c1N1CCCC([N+]2(CC(=O)OCc3ccccc3)CCCCC2)C1=O. The molecule has 2 aromatic rings. The Bertz CT molecular complexity index is 1080. The summed E-state index contributed by atoms with van der Waals surface area (Å²) in [6.07, 6.45) is 4.60. The highest BCUT2D eigenvalue weighted by atomic mass is 16.5. The summed E-state index contributed by atoms with van der Waals surface area (Å²) >= 11 is 0. The van der Waals surface area contributed by atoms with Gasteiger partial charge in [-0.05, 0) is 56.7 Å². The normalized spacial score (nSPS) is 19.6. The molecule has 1 amide bonds. The Morgan fingerprint density at radius 3 is 2.44 bits per heavy atom. The van der Waals surface area contributed by atoms with Crippen molar-refractivity contribution in [3.05, 3.63) is 65.2 Å². The average Bonchev–Trinajstić information content (AvgIpc) is 2.89. The number of likely N-dealkylation sites (tertiary alicyclic amines) is 1. The minimum Gasteiger partial charge on any atom is -0.462 e. The van der Waals surface area contributed by atoms with E-state index < -0.39 is 5.97 Å². The second kappa shape index (κ2) is 11.7.